The molecule has 0 radical (unpaired) electrons. The average Bonchev–Trinajstić information content (AvgIpc) is 2.72. The predicted octanol–water partition coefficient (Wildman–Crippen LogP) is 7.27. The Morgan fingerprint density at radius 1 is 0.929 bits per heavy atom. The first kappa shape index (κ1) is 24.5. The summed E-state index contributed by atoms with van der Waals surface area (Å²) in [7, 11) is 0. The molecule has 1 aromatic rings. The molecule has 0 heterocycles. The van der Waals surface area contributed by atoms with E-state index in [0.717, 1.165) is 30.6 Å². The second-order valence-corrected chi connectivity index (χ2v) is 8.19. The van der Waals surface area contributed by atoms with Gasteiger partial charge in [0, 0.05) is 30.9 Å². The fraction of sp³-hybridized carbons (Fsp3) is 0.720. The largest absolute Gasteiger partial charge is 0.371 e. The Labute approximate surface area is 174 Å². The van der Waals surface area contributed by atoms with Crippen molar-refractivity contribution in [3.05, 3.63) is 24.3 Å². The lowest BCUT2D eigenvalue weighted by molar-refractivity contribution is -0.115. The van der Waals surface area contributed by atoms with Crippen LogP contribution in [0.25, 0.3) is 0 Å². The molecule has 1 amide bonds. The van der Waals surface area contributed by atoms with Crippen molar-refractivity contribution >= 4 is 17.3 Å². The Kier molecular flexibility index (Phi) is 12.7. The molecule has 3 nitrogen and oxygen atoms in total. The van der Waals surface area contributed by atoms with Gasteiger partial charge >= 0.3 is 0 Å². The minimum atomic E-state index is 0.0764. The zero-order chi connectivity index (χ0) is 20.8. The third-order valence-electron chi connectivity index (χ3n) is 5.86. The number of carbonyl (C=O) groups excluding carboxylic acids is 1. The first-order valence-electron chi connectivity index (χ1n) is 11.7. The van der Waals surface area contributed by atoms with Crippen LogP contribution in [0.1, 0.15) is 92.4 Å². The van der Waals surface area contributed by atoms with Crippen molar-refractivity contribution in [3.8, 4) is 0 Å². The van der Waals surface area contributed by atoms with Gasteiger partial charge in [0.2, 0.25) is 5.91 Å². The van der Waals surface area contributed by atoms with Crippen molar-refractivity contribution in [2.75, 3.05) is 23.3 Å². The number of rotatable bonds is 15. The van der Waals surface area contributed by atoms with Gasteiger partial charge in [0.1, 0.15) is 0 Å². The van der Waals surface area contributed by atoms with E-state index >= 15 is 0 Å². The molecule has 0 aliphatic heterocycles. The lowest BCUT2D eigenvalue weighted by atomic mass is 9.95. The van der Waals surface area contributed by atoms with Gasteiger partial charge in [-0.15, -0.1) is 0 Å². The Morgan fingerprint density at radius 2 is 1.50 bits per heavy atom. The second-order valence-electron chi connectivity index (χ2n) is 8.19. The molecule has 0 aromatic heterocycles. The Hall–Kier alpha value is -1.51. The monoisotopic (exact) mass is 388 g/mol. The van der Waals surface area contributed by atoms with Crippen LogP contribution in [0.15, 0.2) is 24.3 Å². The van der Waals surface area contributed by atoms with Gasteiger partial charge in [-0.2, -0.15) is 0 Å². The summed E-state index contributed by atoms with van der Waals surface area (Å²) in [6.45, 7) is 13.3. The van der Waals surface area contributed by atoms with Gasteiger partial charge in [-0.3, -0.25) is 4.79 Å². The zero-order valence-corrected chi connectivity index (χ0v) is 19.1. The van der Waals surface area contributed by atoms with Gasteiger partial charge in [0.05, 0.1) is 0 Å². The van der Waals surface area contributed by atoms with Crippen LogP contribution in [0.4, 0.5) is 11.4 Å². The number of hydrogen-bond donors (Lipinski definition) is 1. The van der Waals surface area contributed by atoms with E-state index in [1.807, 2.05) is 13.0 Å². The van der Waals surface area contributed by atoms with Crippen molar-refractivity contribution in [1.82, 2.24) is 0 Å². The third-order valence-corrected chi connectivity index (χ3v) is 5.86. The van der Waals surface area contributed by atoms with Crippen LogP contribution in [0.5, 0.6) is 0 Å². The molecule has 2 unspecified atom stereocenters. The van der Waals surface area contributed by atoms with Crippen LogP contribution < -0.4 is 10.2 Å². The maximum Gasteiger partial charge on any atom is 0.224 e. The van der Waals surface area contributed by atoms with Gasteiger partial charge in [-0.05, 0) is 42.9 Å². The Morgan fingerprint density at radius 3 is 1.96 bits per heavy atom. The minimum absolute atomic E-state index is 0.0764. The molecule has 0 aliphatic carbocycles. The maximum absolute atomic E-state index is 11.8. The van der Waals surface area contributed by atoms with Gasteiger partial charge in [-0.25, -0.2) is 0 Å². The second kappa shape index (κ2) is 14.5. The normalized spacial score (nSPS) is 13.2. The van der Waals surface area contributed by atoms with Crippen LogP contribution in [-0.4, -0.2) is 19.0 Å². The number of nitrogens with zero attached hydrogens (tertiary/aromatic N) is 1. The Bertz CT molecular complexity index is 525. The molecule has 1 N–H and O–H groups in total. The molecule has 0 spiro atoms. The van der Waals surface area contributed by atoms with Crippen molar-refractivity contribution in [2.45, 2.75) is 92.4 Å². The minimum Gasteiger partial charge on any atom is -0.371 e. The molecular weight excluding hydrogens is 344 g/mol. The van der Waals surface area contributed by atoms with Crippen molar-refractivity contribution in [2.24, 2.45) is 11.8 Å². The molecule has 0 fully saturated rings. The van der Waals surface area contributed by atoms with Crippen LogP contribution in [0.3, 0.4) is 0 Å². The molecule has 0 aliphatic rings. The molecular formula is C25H44N2O. The quantitative estimate of drug-likeness (QED) is 0.342. The van der Waals surface area contributed by atoms with E-state index in [9.17, 15) is 4.79 Å². The van der Waals surface area contributed by atoms with E-state index in [1.54, 1.807) is 0 Å². The average molecular weight is 389 g/mol. The molecule has 0 saturated carbocycles. The van der Waals surface area contributed by atoms with Gasteiger partial charge < -0.3 is 10.2 Å². The summed E-state index contributed by atoms with van der Waals surface area (Å²) < 4.78 is 0. The van der Waals surface area contributed by atoms with Crippen molar-refractivity contribution in [3.63, 3.8) is 0 Å². The maximum atomic E-state index is 11.8. The number of nitrogens with one attached hydrogen (secondary N) is 1. The van der Waals surface area contributed by atoms with E-state index < -0.39 is 0 Å². The molecule has 1 aromatic carbocycles. The summed E-state index contributed by atoms with van der Waals surface area (Å²) in [6.07, 6.45) is 10.7. The van der Waals surface area contributed by atoms with Gasteiger partial charge in [0.25, 0.3) is 0 Å². The predicted molar refractivity (Wildman–Crippen MR) is 124 cm³/mol. The van der Waals surface area contributed by atoms with E-state index in [0.29, 0.717) is 6.42 Å². The van der Waals surface area contributed by atoms with Gasteiger partial charge in [-0.1, -0.05) is 79.2 Å². The van der Waals surface area contributed by atoms with Crippen LogP contribution in [0, 0.1) is 11.8 Å². The molecule has 3 heteroatoms. The third kappa shape index (κ3) is 9.12. The SMILES string of the molecule is CCCCC(CC)CN(CC(CC)CCCC)c1cccc(NC(=O)CC)c1. The highest BCUT2D eigenvalue weighted by Gasteiger charge is 2.18. The van der Waals surface area contributed by atoms with Gasteiger partial charge in [0.15, 0.2) is 0 Å². The van der Waals surface area contributed by atoms with Crippen LogP contribution in [-0.2, 0) is 4.79 Å². The van der Waals surface area contributed by atoms with E-state index in [2.05, 4.69) is 56.1 Å². The number of carbonyl (C=O) groups is 1. The highest BCUT2D eigenvalue weighted by molar-refractivity contribution is 5.91. The number of benzene rings is 1. The molecule has 2 atom stereocenters. The smallest absolute Gasteiger partial charge is 0.224 e. The number of amides is 1. The number of hydrogen-bond acceptors (Lipinski definition) is 2. The summed E-state index contributed by atoms with van der Waals surface area (Å²) in [5.74, 6) is 1.54. The highest BCUT2D eigenvalue weighted by Crippen LogP contribution is 2.26. The van der Waals surface area contributed by atoms with Crippen molar-refractivity contribution in [1.29, 1.82) is 0 Å². The first-order chi connectivity index (χ1) is 13.6. The highest BCUT2D eigenvalue weighted by atomic mass is 16.1. The first-order valence-corrected chi connectivity index (χ1v) is 11.7. The van der Waals surface area contributed by atoms with Crippen LogP contribution >= 0.6 is 0 Å². The molecule has 160 valence electrons. The van der Waals surface area contributed by atoms with E-state index in [1.165, 1.54) is 57.1 Å². The summed E-state index contributed by atoms with van der Waals surface area (Å²) in [5.41, 5.74) is 2.16. The van der Waals surface area contributed by atoms with E-state index in [4.69, 9.17) is 0 Å². The lowest BCUT2D eigenvalue weighted by Gasteiger charge is -2.33. The summed E-state index contributed by atoms with van der Waals surface area (Å²) in [4.78, 5) is 14.4. The van der Waals surface area contributed by atoms with E-state index in [-0.39, 0.29) is 5.91 Å². The van der Waals surface area contributed by atoms with Crippen LogP contribution in [0.2, 0.25) is 0 Å². The lowest BCUT2D eigenvalue weighted by Crippen LogP contribution is -2.34. The topological polar surface area (TPSA) is 32.3 Å². The summed E-state index contributed by atoms with van der Waals surface area (Å²) in [6, 6.07) is 8.44. The number of anilines is 2. The standard InChI is InChI=1S/C25H44N2O/c1-6-11-14-21(8-3)19-27(20-22(9-4)15-12-7-2)24-17-13-16-23(18-24)26-25(28)10-5/h13,16-18,21-22H,6-12,14-15,19-20H2,1-5H3,(H,26,28). The fourth-order valence-corrected chi connectivity index (χ4v) is 3.77. The summed E-state index contributed by atoms with van der Waals surface area (Å²) in [5, 5.41) is 3.02. The summed E-state index contributed by atoms with van der Waals surface area (Å²) >= 11 is 0. The van der Waals surface area contributed by atoms with Crippen molar-refractivity contribution < 1.29 is 4.79 Å². The number of unbranched alkanes of at least 4 members (excludes halogenated alkanes) is 2. The molecule has 0 bridgehead atoms. The molecule has 0 saturated heterocycles. The molecule has 28 heavy (non-hydrogen) atoms. The Balaban J connectivity index is 3.00. The molecule has 1 rings (SSSR count). The fourth-order valence-electron chi connectivity index (χ4n) is 3.77. The zero-order valence-electron chi connectivity index (χ0n) is 19.1.